The molecule has 0 spiro atoms. The number of ether oxygens (including phenoxy) is 1. The zero-order valence-electron chi connectivity index (χ0n) is 15.2. The van der Waals surface area contributed by atoms with Gasteiger partial charge in [0.25, 0.3) is 0 Å². The number of pyridine rings is 2. The van der Waals surface area contributed by atoms with Gasteiger partial charge in [-0.1, -0.05) is 35.5 Å². The summed E-state index contributed by atoms with van der Waals surface area (Å²) in [6, 6.07) is 13.8. The SMILES string of the molecule is OCc1cccnc1Sc1ccc(-c2ccnc(N3CCOCC3)c2)cc1Cl. The first-order chi connectivity index (χ1) is 13.7. The van der Waals surface area contributed by atoms with Crippen molar-refractivity contribution < 1.29 is 9.84 Å². The Kier molecular flexibility index (Phi) is 6.12. The second-order valence-corrected chi connectivity index (χ2v) is 7.81. The van der Waals surface area contributed by atoms with Crippen molar-refractivity contribution in [1.29, 1.82) is 0 Å². The highest BCUT2D eigenvalue weighted by Crippen LogP contribution is 2.36. The molecule has 1 saturated heterocycles. The lowest BCUT2D eigenvalue weighted by atomic mass is 10.1. The van der Waals surface area contributed by atoms with Crippen LogP contribution in [0.2, 0.25) is 5.02 Å². The number of aromatic nitrogens is 2. The number of benzene rings is 1. The van der Waals surface area contributed by atoms with Gasteiger partial charge in [0, 0.05) is 35.9 Å². The van der Waals surface area contributed by atoms with Crippen molar-refractivity contribution in [2.75, 3.05) is 31.2 Å². The van der Waals surface area contributed by atoms with E-state index in [2.05, 4.69) is 20.9 Å². The second-order valence-electron chi connectivity index (χ2n) is 6.38. The maximum atomic E-state index is 9.49. The van der Waals surface area contributed by atoms with Gasteiger partial charge in [0.15, 0.2) is 0 Å². The van der Waals surface area contributed by atoms with Crippen molar-refractivity contribution >= 4 is 29.2 Å². The lowest BCUT2D eigenvalue weighted by Crippen LogP contribution is -2.36. The second kappa shape index (κ2) is 8.92. The number of aliphatic hydroxyl groups is 1. The van der Waals surface area contributed by atoms with Gasteiger partial charge < -0.3 is 14.7 Å². The van der Waals surface area contributed by atoms with E-state index in [1.54, 1.807) is 6.20 Å². The number of anilines is 1. The molecule has 1 N–H and O–H groups in total. The first-order valence-electron chi connectivity index (χ1n) is 9.06. The molecule has 0 aliphatic carbocycles. The Labute approximate surface area is 173 Å². The fourth-order valence-electron chi connectivity index (χ4n) is 3.07. The Morgan fingerprint density at radius 2 is 1.86 bits per heavy atom. The van der Waals surface area contributed by atoms with Crippen LogP contribution in [0.25, 0.3) is 11.1 Å². The van der Waals surface area contributed by atoms with Crippen molar-refractivity contribution in [3.8, 4) is 11.1 Å². The number of morpholine rings is 1. The zero-order valence-corrected chi connectivity index (χ0v) is 16.8. The van der Waals surface area contributed by atoms with E-state index in [1.807, 2.05) is 42.6 Å². The molecule has 0 atom stereocenters. The molecular weight excluding hydrogens is 394 g/mol. The highest BCUT2D eigenvalue weighted by Gasteiger charge is 2.14. The minimum absolute atomic E-state index is 0.0484. The van der Waals surface area contributed by atoms with Gasteiger partial charge in [-0.15, -0.1) is 0 Å². The molecule has 0 radical (unpaired) electrons. The molecule has 0 amide bonds. The summed E-state index contributed by atoms with van der Waals surface area (Å²) < 4.78 is 5.42. The quantitative estimate of drug-likeness (QED) is 0.673. The normalized spacial score (nSPS) is 14.3. The Bertz CT molecular complexity index is 964. The maximum absolute atomic E-state index is 9.49. The van der Waals surface area contributed by atoms with Gasteiger partial charge in [-0.05, 0) is 41.5 Å². The van der Waals surface area contributed by atoms with Crippen LogP contribution in [-0.2, 0) is 11.3 Å². The van der Waals surface area contributed by atoms with Crippen LogP contribution in [-0.4, -0.2) is 41.4 Å². The van der Waals surface area contributed by atoms with E-state index in [1.165, 1.54) is 11.8 Å². The molecule has 0 saturated carbocycles. The highest BCUT2D eigenvalue weighted by atomic mass is 35.5. The van der Waals surface area contributed by atoms with Crippen molar-refractivity contribution in [3.05, 3.63) is 65.4 Å². The van der Waals surface area contributed by atoms with Gasteiger partial charge in [0.05, 0.1) is 24.8 Å². The maximum Gasteiger partial charge on any atom is 0.129 e. The Morgan fingerprint density at radius 1 is 1.04 bits per heavy atom. The van der Waals surface area contributed by atoms with Crippen LogP contribution >= 0.6 is 23.4 Å². The Balaban J connectivity index is 1.58. The van der Waals surface area contributed by atoms with Crippen LogP contribution in [0.4, 0.5) is 5.82 Å². The third-order valence-electron chi connectivity index (χ3n) is 4.57. The zero-order chi connectivity index (χ0) is 19.3. The van der Waals surface area contributed by atoms with E-state index in [-0.39, 0.29) is 6.61 Å². The molecule has 4 rings (SSSR count). The summed E-state index contributed by atoms with van der Waals surface area (Å²) in [6.45, 7) is 3.11. The molecule has 28 heavy (non-hydrogen) atoms. The van der Waals surface area contributed by atoms with Gasteiger partial charge in [0.1, 0.15) is 10.8 Å². The molecule has 0 unspecified atom stereocenters. The van der Waals surface area contributed by atoms with Gasteiger partial charge in [0.2, 0.25) is 0 Å². The van der Waals surface area contributed by atoms with Crippen molar-refractivity contribution in [3.63, 3.8) is 0 Å². The van der Waals surface area contributed by atoms with Gasteiger partial charge in [-0.2, -0.15) is 0 Å². The molecule has 1 fully saturated rings. The fourth-order valence-corrected chi connectivity index (χ4v) is 4.24. The average Bonchev–Trinajstić information content (AvgIpc) is 2.76. The van der Waals surface area contributed by atoms with Gasteiger partial charge in [-0.3, -0.25) is 0 Å². The molecule has 1 aliphatic heterocycles. The predicted molar refractivity (Wildman–Crippen MR) is 112 cm³/mol. The summed E-state index contributed by atoms with van der Waals surface area (Å²) in [5, 5.41) is 10.9. The summed E-state index contributed by atoms with van der Waals surface area (Å²) >= 11 is 8.02. The minimum atomic E-state index is -0.0484. The molecule has 0 bridgehead atoms. The standard InChI is InChI=1S/C21H20ClN3O2S/c22-18-12-15(3-4-19(18)28-21-17(14-26)2-1-6-24-21)16-5-7-23-20(13-16)25-8-10-27-11-9-25/h1-7,12-13,26H,8-11,14H2. The molecule has 2 aromatic heterocycles. The number of aliphatic hydroxyl groups excluding tert-OH is 1. The van der Waals surface area contributed by atoms with Crippen molar-refractivity contribution in [1.82, 2.24) is 9.97 Å². The number of nitrogens with zero attached hydrogens (tertiary/aromatic N) is 3. The van der Waals surface area contributed by atoms with Crippen molar-refractivity contribution in [2.24, 2.45) is 0 Å². The van der Waals surface area contributed by atoms with Gasteiger partial charge in [-0.25, -0.2) is 9.97 Å². The van der Waals surface area contributed by atoms with E-state index in [0.717, 1.165) is 58.7 Å². The monoisotopic (exact) mass is 413 g/mol. The number of halogens is 1. The highest BCUT2D eigenvalue weighted by molar-refractivity contribution is 7.99. The van der Waals surface area contributed by atoms with E-state index in [4.69, 9.17) is 16.3 Å². The number of hydrogen-bond donors (Lipinski definition) is 1. The molecule has 3 heterocycles. The first-order valence-corrected chi connectivity index (χ1v) is 10.3. The predicted octanol–water partition coefficient (Wildman–Crippen LogP) is 4.28. The number of hydrogen-bond acceptors (Lipinski definition) is 6. The lowest BCUT2D eigenvalue weighted by Gasteiger charge is -2.28. The molecule has 144 valence electrons. The molecule has 1 aliphatic rings. The molecule has 5 nitrogen and oxygen atoms in total. The van der Waals surface area contributed by atoms with Gasteiger partial charge >= 0.3 is 0 Å². The summed E-state index contributed by atoms with van der Waals surface area (Å²) in [7, 11) is 0. The average molecular weight is 414 g/mol. The van der Waals surface area contributed by atoms with Crippen LogP contribution in [0.15, 0.2) is 64.8 Å². The van der Waals surface area contributed by atoms with E-state index in [0.29, 0.717) is 5.02 Å². The van der Waals surface area contributed by atoms with Crippen LogP contribution < -0.4 is 4.90 Å². The summed E-state index contributed by atoms with van der Waals surface area (Å²) in [5.41, 5.74) is 2.90. The summed E-state index contributed by atoms with van der Waals surface area (Å²) in [4.78, 5) is 12.0. The van der Waals surface area contributed by atoms with Crippen LogP contribution in [0.3, 0.4) is 0 Å². The molecule has 7 heteroatoms. The lowest BCUT2D eigenvalue weighted by molar-refractivity contribution is 0.122. The van der Waals surface area contributed by atoms with E-state index < -0.39 is 0 Å². The minimum Gasteiger partial charge on any atom is -0.392 e. The molecule has 3 aromatic rings. The van der Waals surface area contributed by atoms with Crippen molar-refractivity contribution in [2.45, 2.75) is 16.5 Å². The van der Waals surface area contributed by atoms with E-state index >= 15 is 0 Å². The summed E-state index contributed by atoms with van der Waals surface area (Å²) in [6.07, 6.45) is 3.55. The fraction of sp³-hybridized carbons (Fsp3) is 0.238. The number of rotatable bonds is 5. The Hall–Kier alpha value is -2.12. The topological polar surface area (TPSA) is 58.5 Å². The molecule has 1 aromatic carbocycles. The molecular formula is C21H20ClN3O2S. The van der Waals surface area contributed by atoms with E-state index in [9.17, 15) is 5.11 Å². The largest absolute Gasteiger partial charge is 0.392 e. The smallest absolute Gasteiger partial charge is 0.129 e. The van der Waals surface area contributed by atoms with Crippen LogP contribution in [0.5, 0.6) is 0 Å². The van der Waals surface area contributed by atoms with Crippen LogP contribution in [0.1, 0.15) is 5.56 Å². The third kappa shape index (κ3) is 4.31. The Morgan fingerprint density at radius 3 is 2.64 bits per heavy atom. The van der Waals surface area contributed by atoms with Crippen LogP contribution in [0, 0.1) is 0 Å². The summed E-state index contributed by atoms with van der Waals surface area (Å²) in [5.74, 6) is 0.955. The third-order valence-corrected chi connectivity index (χ3v) is 6.13. The first kappa shape index (κ1) is 19.2.